The van der Waals surface area contributed by atoms with Gasteiger partial charge < -0.3 is 39.6 Å². The van der Waals surface area contributed by atoms with Gasteiger partial charge in [0, 0.05) is 81.2 Å². The summed E-state index contributed by atoms with van der Waals surface area (Å²) in [6.07, 6.45) is -1.07. The van der Waals surface area contributed by atoms with Gasteiger partial charge in [-0.2, -0.15) is 0 Å². The number of likely N-dealkylation sites (tertiary alicyclic amines) is 2. The van der Waals surface area contributed by atoms with Crippen molar-refractivity contribution >= 4 is 17.8 Å². The first kappa shape index (κ1) is 38.9. The number of benzene rings is 2. The van der Waals surface area contributed by atoms with Crippen LogP contribution in [0.2, 0.25) is 0 Å². The SMILES string of the molecule is COc1ccc(CN2CC[C@]3(C[C@H](C(=O)O)CC(F)(F)C3)C2=O)c(OC)c1.COc1ccc(CN2CC[C@]3(C[C@H](N)CC(F)(F)C3)C2=O)c(OC)c1. The number of hydrogen-bond acceptors (Lipinski definition) is 8. The van der Waals surface area contributed by atoms with E-state index in [9.17, 15) is 37.1 Å². The van der Waals surface area contributed by atoms with Gasteiger partial charge in [0.15, 0.2) is 0 Å². The molecular weight excluding hydrogens is 690 g/mol. The molecule has 4 fully saturated rings. The van der Waals surface area contributed by atoms with E-state index in [0.717, 1.165) is 11.1 Å². The van der Waals surface area contributed by atoms with Crippen molar-refractivity contribution in [2.75, 3.05) is 41.5 Å². The highest BCUT2D eigenvalue weighted by Gasteiger charge is 2.59. The van der Waals surface area contributed by atoms with Gasteiger partial charge in [-0.3, -0.25) is 14.4 Å². The van der Waals surface area contributed by atoms with Gasteiger partial charge in [0.2, 0.25) is 17.7 Å². The Labute approximate surface area is 300 Å². The number of amides is 2. The van der Waals surface area contributed by atoms with Crippen molar-refractivity contribution in [1.29, 1.82) is 0 Å². The van der Waals surface area contributed by atoms with Crippen molar-refractivity contribution in [3.05, 3.63) is 47.5 Å². The third-order valence-corrected chi connectivity index (χ3v) is 10.9. The molecule has 6 rings (SSSR count). The molecule has 2 saturated carbocycles. The lowest BCUT2D eigenvalue weighted by molar-refractivity contribution is -0.163. The smallest absolute Gasteiger partial charge is 0.306 e. The number of halogens is 4. The molecule has 0 bridgehead atoms. The van der Waals surface area contributed by atoms with E-state index in [4.69, 9.17) is 24.7 Å². The van der Waals surface area contributed by atoms with Crippen LogP contribution < -0.4 is 24.7 Å². The van der Waals surface area contributed by atoms with E-state index in [-0.39, 0.29) is 31.7 Å². The fourth-order valence-corrected chi connectivity index (χ4v) is 8.49. The Kier molecular flexibility index (Phi) is 11.2. The Morgan fingerprint density at radius 3 is 1.58 bits per heavy atom. The highest BCUT2D eigenvalue weighted by atomic mass is 19.3. The summed E-state index contributed by atoms with van der Waals surface area (Å²) in [6.45, 7) is 1.32. The lowest BCUT2D eigenvalue weighted by Gasteiger charge is -2.39. The molecule has 2 aliphatic carbocycles. The zero-order valence-corrected chi connectivity index (χ0v) is 29.9. The highest BCUT2D eigenvalue weighted by Crippen LogP contribution is 2.53. The minimum atomic E-state index is -3.15. The molecule has 2 heterocycles. The Balaban J connectivity index is 0.000000202. The average Bonchev–Trinajstić information content (AvgIpc) is 3.53. The quantitative estimate of drug-likeness (QED) is 0.319. The fourth-order valence-electron chi connectivity index (χ4n) is 8.49. The van der Waals surface area contributed by atoms with Gasteiger partial charge in [-0.25, -0.2) is 17.6 Å². The number of carbonyl (C=O) groups is 3. The molecule has 4 atom stereocenters. The fraction of sp³-hybridized carbons (Fsp3) is 0.595. The minimum absolute atomic E-state index is 0.0347. The minimum Gasteiger partial charge on any atom is -0.497 e. The van der Waals surface area contributed by atoms with Crippen molar-refractivity contribution in [3.8, 4) is 23.0 Å². The van der Waals surface area contributed by atoms with E-state index in [1.54, 1.807) is 49.5 Å². The van der Waals surface area contributed by atoms with Crippen LogP contribution >= 0.6 is 0 Å². The Hall–Kier alpha value is -4.27. The van der Waals surface area contributed by atoms with Crippen LogP contribution in [0.15, 0.2) is 36.4 Å². The summed E-state index contributed by atoms with van der Waals surface area (Å²) in [7, 11) is 6.15. The van der Waals surface area contributed by atoms with Crippen LogP contribution in [-0.2, 0) is 27.5 Å². The predicted octanol–water partition coefficient (Wildman–Crippen LogP) is 5.51. The van der Waals surface area contributed by atoms with Crippen molar-refractivity contribution in [2.45, 2.75) is 82.3 Å². The van der Waals surface area contributed by atoms with Crippen LogP contribution in [0, 0.1) is 16.7 Å². The Morgan fingerprint density at radius 1 is 0.731 bits per heavy atom. The molecule has 286 valence electrons. The predicted molar refractivity (Wildman–Crippen MR) is 181 cm³/mol. The molecule has 2 spiro atoms. The monoisotopic (exact) mass is 737 g/mol. The lowest BCUT2D eigenvalue weighted by atomic mass is 9.67. The highest BCUT2D eigenvalue weighted by molar-refractivity contribution is 5.86. The first-order valence-electron chi connectivity index (χ1n) is 17.2. The van der Waals surface area contributed by atoms with E-state index < -0.39 is 65.8 Å². The summed E-state index contributed by atoms with van der Waals surface area (Å²) >= 11 is 0. The molecule has 2 aliphatic heterocycles. The Bertz CT molecular complexity index is 1660. The number of carboxylic acid groups (broad SMARTS) is 1. The molecule has 2 aromatic carbocycles. The molecule has 0 aromatic heterocycles. The van der Waals surface area contributed by atoms with Gasteiger partial charge in [0.05, 0.1) is 45.2 Å². The topological polar surface area (TPSA) is 141 Å². The average molecular weight is 738 g/mol. The molecule has 15 heteroatoms. The number of alkyl halides is 4. The number of aliphatic carboxylic acids is 1. The van der Waals surface area contributed by atoms with E-state index in [0.29, 0.717) is 55.5 Å². The molecule has 2 saturated heterocycles. The summed E-state index contributed by atoms with van der Waals surface area (Å²) in [6, 6.07) is 9.94. The number of ether oxygens (including phenoxy) is 4. The summed E-state index contributed by atoms with van der Waals surface area (Å²) in [4.78, 5) is 40.4. The van der Waals surface area contributed by atoms with Crippen molar-refractivity contribution in [3.63, 3.8) is 0 Å². The number of rotatable bonds is 9. The van der Waals surface area contributed by atoms with Crippen molar-refractivity contribution in [1.82, 2.24) is 9.80 Å². The van der Waals surface area contributed by atoms with Crippen molar-refractivity contribution < 1.29 is 56.0 Å². The molecule has 2 amide bonds. The molecule has 11 nitrogen and oxygen atoms in total. The van der Waals surface area contributed by atoms with Gasteiger partial charge in [0.25, 0.3) is 5.92 Å². The van der Waals surface area contributed by atoms with Crippen LogP contribution in [0.1, 0.15) is 62.5 Å². The van der Waals surface area contributed by atoms with Gasteiger partial charge in [-0.15, -0.1) is 0 Å². The normalized spacial score (nSPS) is 27.7. The number of nitrogens with zero attached hydrogens (tertiary/aromatic N) is 2. The summed E-state index contributed by atoms with van der Waals surface area (Å²) < 4.78 is 77.4. The van der Waals surface area contributed by atoms with Gasteiger partial charge in [-0.05, 0) is 49.9 Å². The van der Waals surface area contributed by atoms with Crippen molar-refractivity contribution in [2.24, 2.45) is 22.5 Å². The summed E-state index contributed by atoms with van der Waals surface area (Å²) in [5, 5.41) is 9.23. The molecular formula is C37H47F4N3O8. The standard InChI is InChI=1S/C19H23F2NO5.C18H24F2N2O3/c1-26-14-4-3-12(15(7-14)27-2)10-22-6-5-18(17(22)25)8-13(16(23)24)9-19(20,21)11-18;1-24-14-4-3-12(15(7-14)25-2)10-22-6-5-17(16(22)23)8-13(21)9-18(19,20)11-17/h3-4,7,13H,5-6,8-11H2,1-2H3,(H,23,24);3-4,7,13H,5-6,8-11,21H2,1-2H3/t13-,18+;13-,17+/m00/s1. The zero-order valence-electron chi connectivity index (χ0n) is 29.9. The first-order chi connectivity index (χ1) is 24.5. The number of methoxy groups -OCH3 is 4. The zero-order chi connectivity index (χ0) is 38.1. The second-order valence-electron chi connectivity index (χ2n) is 14.5. The molecule has 2 aromatic rings. The third kappa shape index (κ3) is 8.18. The molecule has 52 heavy (non-hydrogen) atoms. The number of nitrogens with two attached hydrogens (primary N) is 1. The maximum absolute atomic E-state index is 14.2. The number of hydrogen-bond donors (Lipinski definition) is 2. The number of carboxylic acids is 1. The van der Waals surface area contributed by atoms with E-state index >= 15 is 0 Å². The first-order valence-corrected chi connectivity index (χ1v) is 17.2. The van der Waals surface area contributed by atoms with Gasteiger partial charge in [-0.1, -0.05) is 0 Å². The molecule has 3 N–H and O–H groups in total. The van der Waals surface area contributed by atoms with E-state index in [2.05, 4.69) is 0 Å². The lowest BCUT2D eigenvalue weighted by Crippen LogP contribution is -2.49. The molecule has 0 unspecified atom stereocenters. The van der Waals surface area contributed by atoms with Crippen LogP contribution in [-0.4, -0.2) is 92.1 Å². The van der Waals surface area contributed by atoms with Crippen LogP contribution in [0.5, 0.6) is 23.0 Å². The summed E-state index contributed by atoms with van der Waals surface area (Å²) in [5.74, 6) is -6.69. The third-order valence-electron chi connectivity index (χ3n) is 10.9. The van der Waals surface area contributed by atoms with E-state index in [1.807, 2.05) is 6.07 Å². The molecule has 0 radical (unpaired) electrons. The second kappa shape index (κ2) is 15.0. The van der Waals surface area contributed by atoms with Crippen LogP contribution in [0.25, 0.3) is 0 Å². The van der Waals surface area contributed by atoms with Crippen LogP contribution in [0.4, 0.5) is 17.6 Å². The van der Waals surface area contributed by atoms with Crippen LogP contribution in [0.3, 0.4) is 0 Å². The number of carbonyl (C=O) groups excluding carboxylic acids is 2. The summed E-state index contributed by atoms with van der Waals surface area (Å²) in [5.41, 5.74) is 5.05. The van der Waals surface area contributed by atoms with Gasteiger partial charge in [0.1, 0.15) is 23.0 Å². The maximum Gasteiger partial charge on any atom is 0.306 e. The van der Waals surface area contributed by atoms with E-state index in [1.165, 1.54) is 19.1 Å². The Morgan fingerprint density at radius 2 is 1.17 bits per heavy atom. The van der Waals surface area contributed by atoms with Gasteiger partial charge >= 0.3 is 5.97 Å². The maximum atomic E-state index is 14.2. The largest absolute Gasteiger partial charge is 0.497 e. The second-order valence-corrected chi connectivity index (χ2v) is 14.5. The molecule has 4 aliphatic rings.